The molecule has 2 bridgehead atoms. The number of methoxy groups -OCH3 is 1. The maximum Gasteiger partial charge on any atom is 0.309 e. The Kier molecular flexibility index (Phi) is 3.14. The lowest BCUT2D eigenvalue weighted by molar-refractivity contribution is -0.148. The van der Waals surface area contributed by atoms with Crippen molar-refractivity contribution in [2.45, 2.75) is 16.6 Å². The molecular formula is C13H16Br2O2. The Labute approximate surface area is 118 Å². The molecule has 3 rings (SSSR count). The fourth-order valence-electron chi connectivity index (χ4n) is 4.30. The molecule has 0 saturated heterocycles. The van der Waals surface area contributed by atoms with Crippen LogP contribution in [0.1, 0.15) is 12.8 Å². The number of ether oxygens (including phenoxy) is 1. The summed E-state index contributed by atoms with van der Waals surface area (Å²) in [7, 11) is 1.51. The first-order valence-corrected chi connectivity index (χ1v) is 8.01. The molecule has 3 aliphatic rings. The average Bonchev–Trinajstić information content (AvgIpc) is 2.97. The third-order valence-electron chi connectivity index (χ3n) is 4.91. The van der Waals surface area contributed by atoms with Crippen molar-refractivity contribution in [2.75, 3.05) is 7.11 Å². The van der Waals surface area contributed by atoms with Crippen LogP contribution in [0, 0.1) is 35.5 Å². The standard InChI is InChI=1S/C13H16Br2O2/c1-17-13(16)11-9(12(14)15)5-8-6-2-3-7(4-6)10(8)11/h2-3,6-12H,4-5H2,1H3. The Bertz CT molecular complexity index is 366. The lowest BCUT2D eigenvalue weighted by Gasteiger charge is -2.26. The zero-order chi connectivity index (χ0) is 12.2. The van der Waals surface area contributed by atoms with Gasteiger partial charge in [0.25, 0.3) is 0 Å². The van der Waals surface area contributed by atoms with Crippen molar-refractivity contribution < 1.29 is 9.53 Å². The van der Waals surface area contributed by atoms with Crippen molar-refractivity contribution in [3.8, 4) is 0 Å². The zero-order valence-corrected chi connectivity index (χ0v) is 12.9. The van der Waals surface area contributed by atoms with Crippen molar-refractivity contribution in [3.05, 3.63) is 12.2 Å². The number of esters is 1. The lowest BCUT2D eigenvalue weighted by Crippen LogP contribution is -2.31. The molecule has 94 valence electrons. The number of allylic oxidation sites excluding steroid dienone is 2. The summed E-state index contributed by atoms with van der Waals surface area (Å²) in [5.74, 6) is 2.93. The van der Waals surface area contributed by atoms with E-state index in [-0.39, 0.29) is 15.6 Å². The van der Waals surface area contributed by atoms with Gasteiger partial charge in [-0.15, -0.1) is 0 Å². The van der Waals surface area contributed by atoms with Gasteiger partial charge in [0.15, 0.2) is 0 Å². The smallest absolute Gasteiger partial charge is 0.309 e. The molecule has 3 aliphatic carbocycles. The molecule has 0 spiro atoms. The third kappa shape index (κ3) is 1.74. The van der Waals surface area contributed by atoms with Crippen LogP contribution in [-0.4, -0.2) is 16.8 Å². The Hall–Kier alpha value is 0.170. The van der Waals surface area contributed by atoms with Gasteiger partial charge in [-0.1, -0.05) is 44.0 Å². The molecule has 2 nitrogen and oxygen atoms in total. The van der Waals surface area contributed by atoms with Gasteiger partial charge in [0.05, 0.1) is 16.8 Å². The number of alkyl halides is 2. The number of fused-ring (bicyclic) bond motifs is 5. The summed E-state index contributed by atoms with van der Waals surface area (Å²) in [6.07, 6.45) is 7.07. The Morgan fingerprint density at radius 1 is 1.29 bits per heavy atom. The van der Waals surface area contributed by atoms with Crippen LogP contribution in [0.15, 0.2) is 12.2 Å². The minimum Gasteiger partial charge on any atom is -0.469 e. The first-order chi connectivity index (χ1) is 8.13. The first-order valence-electron chi connectivity index (χ1n) is 6.17. The van der Waals surface area contributed by atoms with Crippen LogP contribution in [0.4, 0.5) is 0 Å². The summed E-state index contributed by atoms with van der Waals surface area (Å²) in [4.78, 5) is 12.1. The molecule has 2 saturated carbocycles. The number of hydrogen-bond acceptors (Lipinski definition) is 2. The highest BCUT2D eigenvalue weighted by Gasteiger charge is 2.58. The molecule has 17 heavy (non-hydrogen) atoms. The molecule has 0 radical (unpaired) electrons. The summed E-state index contributed by atoms with van der Waals surface area (Å²) < 4.78 is 5.24. The fourth-order valence-corrected chi connectivity index (χ4v) is 5.39. The number of rotatable bonds is 2. The quantitative estimate of drug-likeness (QED) is 0.427. The SMILES string of the molecule is COC(=O)C1C(C(Br)Br)CC2C3C=CC(C3)C21. The molecule has 6 atom stereocenters. The van der Waals surface area contributed by atoms with E-state index in [1.807, 2.05) is 0 Å². The number of carbonyl (C=O) groups is 1. The fraction of sp³-hybridized carbons (Fsp3) is 0.769. The van der Waals surface area contributed by atoms with Gasteiger partial charge in [-0.05, 0) is 42.4 Å². The van der Waals surface area contributed by atoms with E-state index in [9.17, 15) is 4.79 Å². The van der Waals surface area contributed by atoms with Gasteiger partial charge in [0.1, 0.15) is 0 Å². The number of carbonyl (C=O) groups excluding carboxylic acids is 1. The summed E-state index contributed by atoms with van der Waals surface area (Å²) >= 11 is 7.19. The normalized spacial score (nSPS) is 46.6. The molecule has 0 aliphatic heterocycles. The highest BCUT2D eigenvalue weighted by molar-refractivity contribution is 9.24. The second kappa shape index (κ2) is 4.37. The zero-order valence-electron chi connectivity index (χ0n) is 9.68. The lowest BCUT2D eigenvalue weighted by atomic mass is 9.80. The van der Waals surface area contributed by atoms with E-state index in [2.05, 4.69) is 44.0 Å². The van der Waals surface area contributed by atoms with E-state index < -0.39 is 0 Å². The molecule has 2 fully saturated rings. The van der Waals surface area contributed by atoms with E-state index in [1.54, 1.807) is 0 Å². The molecule has 0 amide bonds. The van der Waals surface area contributed by atoms with Crippen molar-refractivity contribution in [3.63, 3.8) is 0 Å². The molecule has 0 heterocycles. The van der Waals surface area contributed by atoms with Crippen molar-refractivity contribution in [2.24, 2.45) is 35.5 Å². The van der Waals surface area contributed by atoms with Crippen LogP contribution in [-0.2, 0) is 9.53 Å². The maximum absolute atomic E-state index is 12.1. The Morgan fingerprint density at radius 2 is 2.00 bits per heavy atom. The third-order valence-corrected chi connectivity index (χ3v) is 6.26. The van der Waals surface area contributed by atoms with Crippen molar-refractivity contribution in [1.29, 1.82) is 0 Å². The molecule has 4 heteroatoms. The van der Waals surface area contributed by atoms with Gasteiger partial charge in [-0.25, -0.2) is 0 Å². The van der Waals surface area contributed by atoms with Gasteiger partial charge >= 0.3 is 5.97 Å². The minimum atomic E-state index is -0.0210. The summed E-state index contributed by atoms with van der Waals surface area (Å²) in [6.45, 7) is 0. The van der Waals surface area contributed by atoms with Crippen LogP contribution in [0.2, 0.25) is 0 Å². The van der Waals surface area contributed by atoms with Crippen molar-refractivity contribution in [1.82, 2.24) is 0 Å². The van der Waals surface area contributed by atoms with Crippen LogP contribution in [0.25, 0.3) is 0 Å². The molecule has 0 aromatic carbocycles. The predicted octanol–water partition coefficient (Wildman–Crippen LogP) is 3.35. The average molecular weight is 364 g/mol. The van der Waals surface area contributed by atoms with Gasteiger partial charge < -0.3 is 4.74 Å². The largest absolute Gasteiger partial charge is 0.469 e. The maximum atomic E-state index is 12.1. The Balaban J connectivity index is 1.91. The second-order valence-electron chi connectivity index (χ2n) is 5.47. The first kappa shape index (κ1) is 12.2. The van der Waals surface area contributed by atoms with Gasteiger partial charge in [0, 0.05) is 0 Å². The van der Waals surface area contributed by atoms with Crippen LogP contribution >= 0.6 is 31.9 Å². The highest BCUT2D eigenvalue weighted by atomic mass is 79.9. The monoisotopic (exact) mass is 362 g/mol. The van der Waals surface area contributed by atoms with E-state index in [0.29, 0.717) is 29.6 Å². The van der Waals surface area contributed by atoms with Gasteiger partial charge in [-0.3, -0.25) is 4.79 Å². The molecule has 0 N–H and O–H groups in total. The van der Waals surface area contributed by atoms with Crippen molar-refractivity contribution >= 4 is 37.8 Å². The number of halogens is 2. The predicted molar refractivity (Wildman–Crippen MR) is 73.0 cm³/mol. The van der Waals surface area contributed by atoms with Crippen LogP contribution in [0.5, 0.6) is 0 Å². The summed E-state index contributed by atoms with van der Waals surface area (Å²) in [6, 6.07) is 0. The molecular weight excluding hydrogens is 348 g/mol. The van der Waals surface area contributed by atoms with E-state index in [1.165, 1.54) is 13.5 Å². The van der Waals surface area contributed by atoms with Gasteiger partial charge in [0.2, 0.25) is 0 Å². The molecule has 0 aromatic rings. The highest BCUT2D eigenvalue weighted by Crippen LogP contribution is 2.61. The number of hydrogen-bond donors (Lipinski definition) is 0. The molecule has 6 unspecified atom stereocenters. The second-order valence-corrected chi connectivity index (χ2v) is 8.67. The minimum absolute atomic E-state index is 0.0210. The van der Waals surface area contributed by atoms with E-state index in [4.69, 9.17) is 4.74 Å². The molecule has 0 aromatic heterocycles. The van der Waals surface area contributed by atoms with Crippen LogP contribution < -0.4 is 0 Å². The van der Waals surface area contributed by atoms with Crippen LogP contribution in [0.3, 0.4) is 0 Å². The Morgan fingerprint density at radius 3 is 2.65 bits per heavy atom. The van der Waals surface area contributed by atoms with E-state index in [0.717, 1.165) is 6.42 Å². The summed E-state index contributed by atoms with van der Waals surface area (Å²) in [5, 5.41) is 0. The summed E-state index contributed by atoms with van der Waals surface area (Å²) in [5.41, 5.74) is 0. The van der Waals surface area contributed by atoms with Gasteiger partial charge in [-0.2, -0.15) is 0 Å². The topological polar surface area (TPSA) is 26.3 Å². The van der Waals surface area contributed by atoms with E-state index >= 15 is 0 Å².